The van der Waals surface area contributed by atoms with E-state index in [1.54, 1.807) is 0 Å². The van der Waals surface area contributed by atoms with Crippen molar-refractivity contribution in [3.63, 3.8) is 0 Å². The fourth-order valence-corrected chi connectivity index (χ4v) is 5.90. The van der Waals surface area contributed by atoms with Gasteiger partial charge in [-0.2, -0.15) is 0 Å². The third-order valence-corrected chi connectivity index (χ3v) is 8.43. The monoisotopic (exact) mass is 784 g/mol. The van der Waals surface area contributed by atoms with Crippen LogP contribution in [0.15, 0.2) is 64.9 Å². The summed E-state index contributed by atoms with van der Waals surface area (Å²) < 4.78 is 6.22. The van der Waals surface area contributed by atoms with Gasteiger partial charge in [-0.1, -0.05) is 77.6 Å². The van der Waals surface area contributed by atoms with E-state index < -0.39 is 0 Å². The molecule has 6 heteroatoms. The van der Waals surface area contributed by atoms with E-state index >= 15 is 0 Å². The van der Waals surface area contributed by atoms with E-state index in [1.807, 2.05) is 46.9 Å². The molecule has 0 saturated heterocycles. The molecule has 0 unspecified atom stereocenters. The number of hydrogen-bond acceptors (Lipinski definition) is 5. The Morgan fingerprint density at radius 1 is 0.911 bits per heavy atom. The van der Waals surface area contributed by atoms with Gasteiger partial charge in [0.2, 0.25) is 5.71 Å². The summed E-state index contributed by atoms with van der Waals surface area (Å²) in [6, 6.07) is 18.5. The van der Waals surface area contributed by atoms with Crippen LogP contribution in [0.5, 0.6) is 0 Å². The molecule has 3 aromatic heterocycles. The number of aliphatic hydroxyl groups is 1. The Morgan fingerprint density at radius 2 is 1.58 bits per heavy atom. The second-order valence-corrected chi connectivity index (χ2v) is 12.3. The number of benzene rings is 2. The average Bonchev–Trinajstić information content (AvgIpc) is 3.34. The minimum Gasteiger partial charge on any atom is -0.512 e. The Bertz CT molecular complexity index is 1780. The van der Waals surface area contributed by atoms with Crippen molar-refractivity contribution in [2.45, 2.75) is 87.5 Å². The van der Waals surface area contributed by atoms with Gasteiger partial charge in [0.25, 0.3) is 0 Å². The van der Waals surface area contributed by atoms with Gasteiger partial charge < -0.3 is 14.5 Å². The van der Waals surface area contributed by atoms with Crippen molar-refractivity contribution in [3.8, 4) is 11.3 Å². The minimum atomic E-state index is 0. The molecule has 5 aromatic rings. The number of rotatable bonds is 10. The first-order chi connectivity index (χ1) is 21.1. The summed E-state index contributed by atoms with van der Waals surface area (Å²) >= 11 is 0. The summed E-state index contributed by atoms with van der Waals surface area (Å²) in [5.74, 6) is 1.18. The van der Waals surface area contributed by atoms with E-state index in [1.165, 1.54) is 17.0 Å². The predicted molar refractivity (Wildman–Crippen MR) is 183 cm³/mol. The molecule has 0 spiro atoms. The molecule has 0 atom stereocenters. The maximum atomic E-state index is 11.7. The number of furan rings is 1. The molecule has 0 amide bonds. The van der Waals surface area contributed by atoms with Gasteiger partial charge in [-0.05, 0) is 85.2 Å². The fraction of sp³-hybridized carbons (Fsp3) is 0.410. The van der Waals surface area contributed by atoms with Crippen LogP contribution in [0.25, 0.3) is 44.1 Å². The molecule has 2 aromatic carbocycles. The molecule has 0 fully saturated rings. The number of aliphatic hydroxyl groups excluding tert-OH is 1. The zero-order valence-electron chi connectivity index (χ0n) is 28.0. The molecule has 0 aliphatic heterocycles. The minimum absolute atomic E-state index is 0. The number of fused-ring (bicyclic) bond motifs is 4. The number of carbonyl (C=O) groups is 1. The molecule has 0 aliphatic carbocycles. The standard InChI is InChI=1S/C26H23N2O.C13H24O2.Ir/c1-15(2)11-18-6-8-20-19(14-18)9-10-27-24(20)23-13-16(3)12-22-21-7-5-17(4)28-26(21)29-25(22)23;1-5-10(6-2)12(14)9-13(15)11(7-3)8-4;/h5-10,12,14-15H,11H2,1-4H3;9-11,14H,5-8H2,1-4H3;/q-1;;/b;12-9-;. The van der Waals surface area contributed by atoms with Crippen LogP contribution in [-0.2, 0) is 31.3 Å². The van der Waals surface area contributed by atoms with E-state index in [0.717, 1.165) is 76.4 Å². The molecule has 0 bridgehead atoms. The molecule has 1 N–H and O–H groups in total. The smallest absolute Gasteiger partial charge is 0.216 e. The van der Waals surface area contributed by atoms with Crippen LogP contribution in [0.3, 0.4) is 0 Å². The number of pyridine rings is 2. The third kappa shape index (κ3) is 8.48. The molecule has 3 heterocycles. The fourth-order valence-electron chi connectivity index (χ4n) is 5.90. The van der Waals surface area contributed by atoms with Crippen molar-refractivity contribution in [2.24, 2.45) is 17.8 Å². The van der Waals surface area contributed by atoms with Gasteiger partial charge in [0.05, 0.1) is 11.3 Å². The second kappa shape index (κ2) is 16.3. The summed E-state index contributed by atoms with van der Waals surface area (Å²) in [6.45, 7) is 16.6. The molecule has 5 rings (SSSR count). The van der Waals surface area contributed by atoms with Gasteiger partial charge in [0.1, 0.15) is 0 Å². The maximum absolute atomic E-state index is 11.7. The van der Waals surface area contributed by atoms with Crippen molar-refractivity contribution in [1.82, 2.24) is 9.97 Å². The Morgan fingerprint density at radius 3 is 2.22 bits per heavy atom. The number of allylic oxidation sites excluding steroid dienone is 2. The van der Waals surface area contributed by atoms with E-state index in [9.17, 15) is 9.90 Å². The first-order valence-corrected chi connectivity index (χ1v) is 16.1. The van der Waals surface area contributed by atoms with Crippen LogP contribution in [-0.4, -0.2) is 20.9 Å². The zero-order valence-corrected chi connectivity index (χ0v) is 30.4. The van der Waals surface area contributed by atoms with Gasteiger partial charge in [0, 0.05) is 55.3 Å². The third-order valence-electron chi connectivity index (χ3n) is 8.43. The van der Waals surface area contributed by atoms with E-state index in [0.29, 0.717) is 11.6 Å². The summed E-state index contributed by atoms with van der Waals surface area (Å²) in [4.78, 5) is 21.0. The quantitative estimate of drug-likeness (QED) is 0.0867. The summed E-state index contributed by atoms with van der Waals surface area (Å²) in [5, 5.41) is 14.2. The molecule has 5 nitrogen and oxygen atoms in total. The topological polar surface area (TPSA) is 76.2 Å². The largest absolute Gasteiger partial charge is 0.512 e. The van der Waals surface area contributed by atoms with Crippen LogP contribution >= 0.6 is 0 Å². The van der Waals surface area contributed by atoms with Gasteiger partial charge >= 0.3 is 0 Å². The van der Waals surface area contributed by atoms with Crippen LogP contribution in [0.2, 0.25) is 0 Å². The Balaban J connectivity index is 0.000000297. The summed E-state index contributed by atoms with van der Waals surface area (Å²) in [6.07, 6.45) is 7.86. The number of ketones is 1. The first kappa shape index (κ1) is 36.1. The molecular formula is C39H47IrN2O3-. The Labute approximate surface area is 281 Å². The van der Waals surface area contributed by atoms with Crippen molar-refractivity contribution in [3.05, 3.63) is 83.4 Å². The molecule has 45 heavy (non-hydrogen) atoms. The summed E-state index contributed by atoms with van der Waals surface area (Å²) in [7, 11) is 0. The number of aromatic nitrogens is 2. The van der Waals surface area contributed by atoms with Crippen molar-refractivity contribution < 1.29 is 34.4 Å². The predicted octanol–water partition coefficient (Wildman–Crippen LogP) is 10.7. The normalized spacial score (nSPS) is 11.8. The number of aryl methyl sites for hydroxylation is 2. The number of hydrogen-bond donors (Lipinski definition) is 1. The van der Waals surface area contributed by atoms with E-state index in [2.05, 4.69) is 68.2 Å². The molecule has 0 aliphatic rings. The van der Waals surface area contributed by atoms with Gasteiger partial charge in [-0.3, -0.25) is 4.79 Å². The Kier molecular flexibility index (Phi) is 13.1. The van der Waals surface area contributed by atoms with Crippen molar-refractivity contribution in [2.75, 3.05) is 0 Å². The average molecular weight is 784 g/mol. The Hall–Kier alpha value is -3.34. The van der Waals surface area contributed by atoms with Crippen LogP contribution in [0.1, 0.15) is 84.0 Å². The van der Waals surface area contributed by atoms with E-state index in [4.69, 9.17) is 9.40 Å². The van der Waals surface area contributed by atoms with Crippen LogP contribution in [0, 0.1) is 37.7 Å². The molecule has 241 valence electrons. The van der Waals surface area contributed by atoms with E-state index in [-0.39, 0.29) is 43.5 Å². The van der Waals surface area contributed by atoms with Crippen LogP contribution < -0.4 is 0 Å². The van der Waals surface area contributed by atoms with Crippen molar-refractivity contribution in [1.29, 1.82) is 0 Å². The second-order valence-electron chi connectivity index (χ2n) is 12.3. The van der Waals surface area contributed by atoms with Gasteiger partial charge in [-0.25, -0.2) is 4.98 Å². The summed E-state index contributed by atoms with van der Waals surface area (Å²) in [5.41, 5.74) is 6.63. The first-order valence-electron chi connectivity index (χ1n) is 16.1. The van der Waals surface area contributed by atoms with Gasteiger partial charge in [-0.15, -0.1) is 17.7 Å². The number of carbonyl (C=O) groups excluding carboxylic acids is 1. The van der Waals surface area contributed by atoms with Crippen LogP contribution in [0.4, 0.5) is 0 Å². The molecule has 1 radical (unpaired) electrons. The molecular weight excluding hydrogens is 737 g/mol. The SMILES string of the molecule is CCC(CC)C(=O)/C=C(\O)C(CC)CC.Cc1[c-]c(-c2nccc3cc(CC(C)C)ccc23)c2oc3nc(C)ccc3c2c1.[Ir]. The number of nitrogens with zero attached hydrogens (tertiary/aromatic N) is 2. The molecule has 0 saturated carbocycles. The zero-order chi connectivity index (χ0) is 32.0. The van der Waals surface area contributed by atoms with Crippen molar-refractivity contribution >= 4 is 38.6 Å². The van der Waals surface area contributed by atoms with Gasteiger partial charge in [0.15, 0.2) is 5.78 Å². The maximum Gasteiger partial charge on any atom is 0.216 e.